The van der Waals surface area contributed by atoms with Gasteiger partial charge in [0.1, 0.15) is 6.04 Å². The van der Waals surface area contributed by atoms with Gasteiger partial charge in [-0.05, 0) is 46.1 Å². The van der Waals surface area contributed by atoms with Crippen LogP contribution in [-0.2, 0) is 4.79 Å². The molecule has 1 atom stereocenters. The number of anilines is 1. The molecular formula is C14H13BrN2OS2. The highest BCUT2D eigenvalue weighted by atomic mass is 79.9. The Morgan fingerprint density at radius 3 is 3.05 bits per heavy atom. The number of amides is 1. The van der Waals surface area contributed by atoms with Gasteiger partial charge in [-0.3, -0.25) is 4.79 Å². The van der Waals surface area contributed by atoms with Crippen molar-refractivity contribution in [2.24, 2.45) is 0 Å². The van der Waals surface area contributed by atoms with E-state index in [0.29, 0.717) is 0 Å². The Hall–Kier alpha value is -0.820. The van der Waals surface area contributed by atoms with Crippen molar-refractivity contribution in [3.63, 3.8) is 0 Å². The van der Waals surface area contributed by atoms with Crippen LogP contribution in [0.1, 0.15) is 18.5 Å². The molecule has 1 unspecified atom stereocenters. The molecule has 2 heterocycles. The maximum atomic E-state index is 12.0. The first-order chi connectivity index (χ1) is 9.69. The van der Waals surface area contributed by atoms with Gasteiger partial charge in [-0.2, -0.15) is 0 Å². The van der Waals surface area contributed by atoms with Crippen LogP contribution in [0.15, 0.2) is 43.2 Å². The Balaban J connectivity index is 1.93. The largest absolute Gasteiger partial charge is 0.324 e. The minimum atomic E-state index is -0.243. The molecule has 1 aromatic heterocycles. The first kappa shape index (κ1) is 14.1. The summed E-state index contributed by atoms with van der Waals surface area (Å²) in [4.78, 5) is 13.1. The molecule has 0 fully saturated rings. The average molecular weight is 369 g/mol. The zero-order valence-corrected chi connectivity index (χ0v) is 14.0. The fourth-order valence-corrected chi connectivity index (χ4v) is 4.55. The number of carbonyl (C=O) groups is 1. The van der Waals surface area contributed by atoms with Gasteiger partial charge >= 0.3 is 0 Å². The van der Waals surface area contributed by atoms with E-state index in [1.807, 2.05) is 25.1 Å². The lowest BCUT2D eigenvalue weighted by Crippen LogP contribution is -2.27. The fraction of sp³-hybridized carbons (Fsp3) is 0.214. The zero-order valence-electron chi connectivity index (χ0n) is 10.8. The second-order valence-corrected chi connectivity index (χ2v) is 7.53. The third-order valence-corrected chi connectivity index (χ3v) is 6.06. The topological polar surface area (TPSA) is 41.1 Å². The molecule has 6 heteroatoms. The predicted molar refractivity (Wildman–Crippen MR) is 87.6 cm³/mol. The van der Waals surface area contributed by atoms with Gasteiger partial charge in [0.2, 0.25) is 5.91 Å². The van der Waals surface area contributed by atoms with E-state index < -0.39 is 0 Å². The summed E-state index contributed by atoms with van der Waals surface area (Å²) in [6.45, 7) is 2.77. The van der Waals surface area contributed by atoms with Crippen molar-refractivity contribution >= 4 is 50.6 Å². The van der Waals surface area contributed by atoms with Gasteiger partial charge in [0.25, 0.3) is 0 Å². The van der Waals surface area contributed by atoms with E-state index in [9.17, 15) is 4.79 Å². The highest BCUT2D eigenvalue weighted by Gasteiger charge is 2.30. The van der Waals surface area contributed by atoms with E-state index in [2.05, 4.69) is 38.0 Å². The van der Waals surface area contributed by atoms with E-state index in [4.69, 9.17) is 0 Å². The lowest BCUT2D eigenvalue weighted by Gasteiger charge is -2.11. The molecule has 1 amide bonds. The molecule has 0 aliphatic carbocycles. The SMILES string of the molecule is CCNC1C(=O)Nc2cc(Sc3cccs3)c(Br)cc21. The maximum absolute atomic E-state index is 12.0. The quantitative estimate of drug-likeness (QED) is 0.846. The van der Waals surface area contributed by atoms with E-state index in [1.54, 1.807) is 23.1 Å². The van der Waals surface area contributed by atoms with Gasteiger partial charge in [0, 0.05) is 20.6 Å². The minimum absolute atomic E-state index is 0.0204. The molecule has 0 bridgehead atoms. The molecule has 3 rings (SSSR count). The second-order valence-electron chi connectivity index (χ2n) is 4.38. The van der Waals surface area contributed by atoms with E-state index in [0.717, 1.165) is 27.2 Å². The molecule has 1 aliphatic rings. The standard InChI is InChI=1S/C14H13BrN2OS2/c1-2-16-13-8-6-9(15)11(7-10(8)17-14(13)18)20-12-4-3-5-19-12/h3-7,13,16H,2H2,1H3,(H,17,18). The number of carbonyl (C=O) groups excluding carboxylic acids is 1. The molecule has 20 heavy (non-hydrogen) atoms. The Morgan fingerprint density at radius 1 is 1.50 bits per heavy atom. The summed E-state index contributed by atoms with van der Waals surface area (Å²) in [7, 11) is 0. The van der Waals surface area contributed by atoms with Crippen molar-refractivity contribution in [3.8, 4) is 0 Å². The van der Waals surface area contributed by atoms with Gasteiger partial charge in [0.05, 0.1) is 4.21 Å². The van der Waals surface area contributed by atoms with Crippen molar-refractivity contribution < 1.29 is 4.79 Å². The van der Waals surface area contributed by atoms with Crippen molar-refractivity contribution in [3.05, 3.63) is 39.7 Å². The summed E-state index contributed by atoms with van der Waals surface area (Å²) in [5.74, 6) is 0.0204. The molecule has 2 aromatic rings. The molecule has 1 aliphatic heterocycles. The predicted octanol–water partition coefficient (Wildman–Crippen LogP) is 4.26. The van der Waals surface area contributed by atoms with Crippen LogP contribution in [0.3, 0.4) is 0 Å². The van der Waals surface area contributed by atoms with Crippen LogP contribution < -0.4 is 10.6 Å². The Morgan fingerprint density at radius 2 is 2.35 bits per heavy atom. The summed E-state index contributed by atoms with van der Waals surface area (Å²) in [6, 6.07) is 7.97. The minimum Gasteiger partial charge on any atom is -0.324 e. The summed E-state index contributed by atoms with van der Waals surface area (Å²) >= 11 is 7.03. The van der Waals surface area contributed by atoms with Crippen molar-refractivity contribution in [2.45, 2.75) is 22.1 Å². The van der Waals surface area contributed by atoms with Crippen molar-refractivity contribution in [2.75, 3.05) is 11.9 Å². The summed E-state index contributed by atoms with van der Waals surface area (Å²) < 4.78 is 2.26. The number of likely N-dealkylation sites (N-methyl/N-ethyl adjacent to an activating group) is 1. The number of fused-ring (bicyclic) bond motifs is 1. The van der Waals surface area contributed by atoms with Gasteiger partial charge in [-0.25, -0.2) is 0 Å². The highest BCUT2D eigenvalue weighted by molar-refractivity contribution is 9.10. The fourth-order valence-electron chi connectivity index (χ4n) is 2.18. The van der Waals surface area contributed by atoms with Crippen LogP contribution in [0, 0.1) is 0 Å². The highest BCUT2D eigenvalue weighted by Crippen LogP contribution is 2.42. The average Bonchev–Trinajstić information content (AvgIpc) is 3.01. The molecule has 1 aromatic carbocycles. The number of thiophene rings is 1. The van der Waals surface area contributed by atoms with Crippen LogP contribution in [0.4, 0.5) is 5.69 Å². The zero-order chi connectivity index (χ0) is 14.1. The Bertz CT molecular complexity index is 643. The number of rotatable bonds is 4. The third-order valence-electron chi connectivity index (χ3n) is 3.05. The molecule has 0 spiro atoms. The van der Waals surface area contributed by atoms with Gasteiger partial charge < -0.3 is 10.6 Å². The first-order valence-corrected chi connectivity index (χ1v) is 8.77. The van der Waals surface area contributed by atoms with Crippen LogP contribution in [-0.4, -0.2) is 12.5 Å². The number of benzene rings is 1. The molecule has 104 valence electrons. The Kier molecular flexibility index (Phi) is 4.16. The monoisotopic (exact) mass is 368 g/mol. The number of hydrogen-bond donors (Lipinski definition) is 2. The van der Waals surface area contributed by atoms with Crippen molar-refractivity contribution in [1.82, 2.24) is 5.32 Å². The van der Waals surface area contributed by atoms with E-state index in [1.165, 1.54) is 4.21 Å². The van der Waals surface area contributed by atoms with Gasteiger partial charge in [-0.1, -0.05) is 24.8 Å². The first-order valence-electron chi connectivity index (χ1n) is 6.28. The van der Waals surface area contributed by atoms with Crippen LogP contribution in [0.2, 0.25) is 0 Å². The summed E-state index contributed by atoms with van der Waals surface area (Å²) in [5, 5.41) is 8.21. The maximum Gasteiger partial charge on any atom is 0.246 e. The van der Waals surface area contributed by atoms with Crippen LogP contribution >= 0.6 is 39.0 Å². The smallest absolute Gasteiger partial charge is 0.246 e. The second kappa shape index (κ2) is 5.89. The summed E-state index contributed by atoms with van der Waals surface area (Å²) in [5.41, 5.74) is 1.92. The molecule has 2 N–H and O–H groups in total. The van der Waals surface area contributed by atoms with Crippen molar-refractivity contribution in [1.29, 1.82) is 0 Å². The number of hydrogen-bond acceptors (Lipinski definition) is 4. The normalized spacial score (nSPS) is 17.1. The van der Waals surface area contributed by atoms with Gasteiger partial charge in [0.15, 0.2) is 0 Å². The van der Waals surface area contributed by atoms with Gasteiger partial charge in [-0.15, -0.1) is 11.3 Å². The summed E-state index contributed by atoms with van der Waals surface area (Å²) in [6.07, 6.45) is 0. The van der Waals surface area contributed by atoms with Crippen LogP contribution in [0.5, 0.6) is 0 Å². The van der Waals surface area contributed by atoms with E-state index >= 15 is 0 Å². The molecular weight excluding hydrogens is 356 g/mol. The Labute approximate surface area is 134 Å². The van der Waals surface area contributed by atoms with E-state index in [-0.39, 0.29) is 11.9 Å². The molecule has 0 saturated carbocycles. The lowest BCUT2D eigenvalue weighted by molar-refractivity contribution is -0.117. The van der Waals surface area contributed by atoms with Crippen LogP contribution in [0.25, 0.3) is 0 Å². The molecule has 0 radical (unpaired) electrons. The number of halogens is 1. The lowest BCUT2D eigenvalue weighted by atomic mass is 10.1. The third kappa shape index (κ3) is 2.65. The number of nitrogens with one attached hydrogen (secondary N) is 2. The molecule has 3 nitrogen and oxygen atoms in total. The molecule has 0 saturated heterocycles.